The number of imide groups is 2. The zero-order chi connectivity index (χ0) is 24.8. The molecule has 0 radical (unpaired) electrons. The van der Waals surface area contributed by atoms with Crippen molar-refractivity contribution in [2.24, 2.45) is 0 Å². The number of nitro groups is 1. The molecular weight excluding hydrogens is 442 g/mol. The predicted molar refractivity (Wildman–Crippen MR) is 125 cm³/mol. The largest absolute Gasteiger partial charge is 0.493 e. The molecule has 2 aromatic carbocycles. The number of hydrogen-bond acceptors (Lipinski definition) is 7. The number of methoxy groups -OCH3 is 1. The van der Waals surface area contributed by atoms with Gasteiger partial charge in [-0.2, -0.15) is 0 Å². The number of ether oxygens (including phenoxy) is 2. The second-order valence-electron chi connectivity index (χ2n) is 7.29. The van der Waals surface area contributed by atoms with Crippen molar-refractivity contribution in [2.75, 3.05) is 18.6 Å². The Kier molecular flexibility index (Phi) is 7.42. The van der Waals surface area contributed by atoms with Crippen LogP contribution in [-0.4, -0.2) is 36.5 Å². The van der Waals surface area contributed by atoms with Crippen LogP contribution in [-0.2, 0) is 16.0 Å². The summed E-state index contributed by atoms with van der Waals surface area (Å²) in [5, 5.41) is 13.2. The molecule has 1 saturated heterocycles. The van der Waals surface area contributed by atoms with Gasteiger partial charge in [-0.3, -0.25) is 25.0 Å². The monoisotopic (exact) mass is 465 g/mol. The maximum absolute atomic E-state index is 13.1. The van der Waals surface area contributed by atoms with Gasteiger partial charge in [0.2, 0.25) is 0 Å². The number of benzene rings is 2. The van der Waals surface area contributed by atoms with Crippen molar-refractivity contribution >= 4 is 35.3 Å². The fourth-order valence-electron chi connectivity index (χ4n) is 3.40. The lowest BCUT2D eigenvalue weighted by molar-refractivity contribution is -0.384. The van der Waals surface area contributed by atoms with Crippen molar-refractivity contribution in [1.29, 1.82) is 0 Å². The third-order valence-electron chi connectivity index (χ3n) is 4.90. The van der Waals surface area contributed by atoms with E-state index in [4.69, 9.17) is 9.47 Å². The molecule has 10 heteroatoms. The molecule has 1 aliphatic rings. The molecule has 0 aromatic heterocycles. The molecule has 0 spiro atoms. The summed E-state index contributed by atoms with van der Waals surface area (Å²) in [6, 6.07) is 7.36. The molecule has 1 fully saturated rings. The van der Waals surface area contributed by atoms with E-state index in [1.807, 2.05) is 6.92 Å². The van der Waals surface area contributed by atoms with E-state index in [9.17, 15) is 24.5 Å². The van der Waals surface area contributed by atoms with Gasteiger partial charge in [-0.15, -0.1) is 6.58 Å². The highest BCUT2D eigenvalue weighted by Gasteiger charge is 2.37. The minimum absolute atomic E-state index is 0.0386. The van der Waals surface area contributed by atoms with Gasteiger partial charge >= 0.3 is 6.03 Å². The molecule has 0 saturated carbocycles. The molecule has 3 rings (SSSR count). The van der Waals surface area contributed by atoms with Gasteiger partial charge in [-0.1, -0.05) is 19.1 Å². The summed E-state index contributed by atoms with van der Waals surface area (Å²) in [5.41, 5.74) is 0.541. The Morgan fingerprint density at radius 3 is 2.62 bits per heavy atom. The maximum Gasteiger partial charge on any atom is 0.335 e. The van der Waals surface area contributed by atoms with Crippen molar-refractivity contribution in [3.05, 3.63) is 75.9 Å². The first-order valence-electron chi connectivity index (χ1n) is 10.4. The molecule has 0 bridgehead atoms. The van der Waals surface area contributed by atoms with E-state index in [0.29, 0.717) is 35.0 Å². The highest BCUT2D eigenvalue weighted by atomic mass is 16.6. The SMILES string of the molecule is C=CCc1cc(/C=C2\C(=O)NC(=O)N(c3cccc([N+](=O)[O-])c3)C2=O)cc(OC)c1OCCC. The van der Waals surface area contributed by atoms with Gasteiger partial charge in [-0.25, -0.2) is 9.69 Å². The molecule has 176 valence electrons. The third-order valence-corrected chi connectivity index (χ3v) is 4.90. The number of carbonyl (C=O) groups excluding carboxylic acids is 3. The molecule has 0 atom stereocenters. The molecule has 2 aromatic rings. The van der Waals surface area contributed by atoms with E-state index in [0.717, 1.165) is 18.1 Å². The first-order valence-corrected chi connectivity index (χ1v) is 10.4. The summed E-state index contributed by atoms with van der Waals surface area (Å²) in [6.45, 7) is 6.20. The van der Waals surface area contributed by atoms with Crippen LogP contribution in [0.3, 0.4) is 0 Å². The zero-order valence-corrected chi connectivity index (χ0v) is 18.7. The summed E-state index contributed by atoms with van der Waals surface area (Å²) < 4.78 is 11.3. The Morgan fingerprint density at radius 2 is 1.97 bits per heavy atom. The second kappa shape index (κ2) is 10.4. The van der Waals surface area contributed by atoms with Gasteiger partial charge in [0.25, 0.3) is 17.5 Å². The van der Waals surface area contributed by atoms with Crippen LogP contribution in [0.25, 0.3) is 6.08 Å². The number of amides is 4. The van der Waals surface area contributed by atoms with Crippen LogP contribution in [0.1, 0.15) is 24.5 Å². The molecular formula is C24H23N3O7. The molecule has 34 heavy (non-hydrogen) atoms. The van der Waals surface area contributed by atoms with E-state index < -0.39 is 22.8 Å². The number of rotatable bonds is 9. The van der Waals surface area contributed by atoms with Crippen molar-refractivity contribution in [3.63, 3.8) is 0 Å². The van der Waals surface area contributed by atoms with Crippen LogP contribution in [0.15, 0.2) is 54.6 Å². The molecule has 1 N–H and O–H groups in total. The summed E-state index contributed by atoms with van der Waals surface area (Å²) >= 11 is 0. The number of allylic oxidation sites excluding steroid dienone is 1. The van der Waals surface area contributed by atoms with Gasteiger partial charge < -0.3 is 9.47 Å². The summed E-state index contributed by atoms with van der Waals surface area (Å²) in [5.74, 6) is -0.842. The number of barbiturate groups is 1. The Bertz CT molecular complexity index is 1200. The van der Waals surface area contributed by atoms with Crippen molar-refractivity contribution in [3.8, 4) is 11.5 Å². The normalized spacial score (nSPS) is 14.7. The quantitative estimate of drug-likeness (QED) is 0.196. The topological polar surface area (TPSA) is 128 Å². The number of urea groups is 1. The molecule has 1 heterocycles. The van der Waals surface area contributed by atoms with E-state index in [2.05, 4.69) is 11.9 Å². The standard InChI is InChI=1S/C24H23N3O7/c1-4-7-16-11-15(13-20(33-3)21(16)34-10-5-2)12-19-22(28)25-24(30)26(23(19)29)17-8-6-9-18(14-17)27(31)32/h4,6,8-9,11-14H,1,5,7,10H2,2-3H3,(H,25,28,30)/b19-12+. The molecule has 1 aliphatic heterocycles. The van der Waals surface area contributed by atoms with Crippen LogP contribution < -0.4 is 19.7 Å². The highest BCUT2D eigenvalue weighted by molar-refractivity contribution is 6.39. The van der Waals surface area contributed by atoms with Crippen LogP contribution in [0, 0.1) is 10.1 Å². The Morgan fingerprint density at radius 1 is 1.21 bits per heavy atom. The fourth-order valence-corrected chi connectivity index (χ4v) is 3.40. The van der Waals surface area contributed by atoms with E-state index in [1.54, 1.807) is 18.2 Å². The summed E-state index contributed by atoms with van der Waals surface area (Å²) in [6.07, 6.45) is 4.25. The number of nitrogens with one attached hydrogen (secondary N) is 1. The lowest BCUT2D eigenvalue weighted by Crippen LogP contribution is -2.54. The lowest BCUT2D eigenvalue weighted by atomic mass is 10.0. The van der Waals surface area contributed by atoms with Gasteiger partial charge in [0.1, 0.15) is 5.57 Å². The molecule has 0 unspecified atom stereocenters. The number of non-ortho nitro benzene ring substituents is 1. The first kappa shape index (κ1) is 24.2. The predicted octanol–water partition coefficient (Wildman–Crippen LogP) is 3.79. The van der Waals surface area contributed by atoms with Crippen molar-refractivity contribution in [1.82, 2.24) is 5.32 Å². The fraction of sp³-hybridized carbons (Fsp3) is 0.208. The zero-order valence-electron chi connectivity index (χ0n) is 18.7. The van der Waals surface area contributed by atoms with Gasteiger partial charge in [-0.05, 0) is 42.7 Å². The number of anilines is 1. The average molecular weight is 465 g/mol. The molecule has 10 nitrogen and oxygen atoms in total. The summed E-state index contributed by atoms with van der Waals surface area (Å²) in [4.78, 5) is 49.2. The summed E-state index contributed by atoms with van der Waals surface area (Å²) in [7, 11) is 1.48. The second-order valence-corrected chi connectivity index (χ2v) is 7.29. The van der Waals surface area contributed by atoms with E-state index in [1.165, 1.54) is 31.4 Å². The van der Waals surface area contributed by atoms with E-state index >= 15 is 0 Å². The lowest BCUT2D eigenvalue weighted by Gasteiger charge is -2.26. The number of hydrogen-bond donors (Lipinski definition) is 1. The third kappa shape index (κ3) is 4.96. The van der Waals surface area contributed by atoms with Crippen LogP contribution in [0.4, 0.5) is 16.2 Å². The van der Waals surface area contributed by atoms with Gasteiger partial charge in [0.05, 0.1) is 24.3 Å². The van der Waals surface area contributed by atoms with Crippen LogP contribution in [0.5, 0.6) is 11.5 Å². The van der Waals surface area contributed by atoms with E-state index in [-0.39, 0.29) is 16.9 Å². The Balaban J connectivity index is 2.06. The smallest absolute Gasteiger partial charge is 0.335 e. The van der Waals surface area contributed by atoms with Crippen molar-refractivity contribution < 1.29 is 28.8 Å². The highest BCUT2D eigenvalue weighted by Crippen LogP contribution is 2.35. The van der Waals surface area contributed by atoms with Crippen LogP contribution in [0.2, 0.25) is 0 Å². The number of nitro benzene ring substituents is 1. The number of nitrogens with zero attached hydrogens (tertiary/aromatic N) is 2. The minimum Gasteiger partial charge on any atom is -0.493 e. The van der Waals surface area contributed by atoms with Crippen LogP contribution >= 0.6 is 0 Å². The molecule has 4 amide bonds. The Labute approximate surface area is 195 Å². The van der Waals surface area contributed by atoms with Gasteiger partial charge in [0, 0.05) is 17.7 Å². The van der Waals surface area contributed by atoms with Crippen molar-refractivity contribution in [2.45, 2.75) is 19.8 Å². The average Bonchev–Trinajstić information content (AvgIpc) is 2.81. The molecule has 0 aliphatic carbocycles. The Hall–Kier alpha value is -4.47. The first-order chi connectivity index (χ1) is 16.3. The maximum atomic E-state index is 13.1. The van der Waals surface area contributed by atoms with Gasteiger partial charge in [0.15, 0.2) is 11.5 Å². The minimum atomic E-state index is -0.999. The number of carbonyl (C=O) groups is 3.